The van der Waals surface area contributed by atoms with Gasteiger partial charge in [0.15, 0.2) is 0 Å². The van der Waals surface area contributed by atoms with Gasteiger partial charge in [0.05, 0.1) is 29.4 Å². The van der Waals surface area contributed by atoms with Gasteiger partial charge in [0, 0.05) is 12.1 Å². The number of benzene rings is 2. The minimum absolute atomic E-state index is 0.290. The van der Waals surface area contributed by atoms with Crippen LogP contribution in [0, 0.1) is 6.92 Å². The number of anilines is 1. The van der Waals surface area contributed by atoms with Crippen molar-refractivity contribution in [3.05, 3.63) is 57.6 Å². The SMILES string of the molecule is COc1cc(C(=O)N(C2=NCCN2)c2c(Cl)cccc2Cl)ccc1C. The number of amides is 1. The standard InChI is InChI=1S/C18H17Cl2N3O2/c1-11-6-7-12(10-15(11)25-2)17(24)23(18-21-8-9-22-18)16-13(19)4-3-5-14(16)20/h3-7,10H,8-9H2,1-2H3,(H,21,22). The van der Waals surface area contributed by atoms with E-state index < -0.39 is 0 Å². The van der Waals surface area contributed by atoms with Gasteiger partial charge >= 0.3 is 0 Å². The number of nitrogens with zero attached hydrogens (tertiary/aromatic N) is 2. The van der Waals surface area contributed by atoms with Crippen LogP contribution in [-0.4, -0.2) is 32.1 Å². The van der Waals surface area contributed by atoms with Crippen LogP contribution in [-0.2, 0) is 0 Å². The second-order valence-corrected chi connectivity index (χ2v) is 6.34. The molecule has 0 unspecified atom stereocenters. The second-order valence-electron chi connectivity index (χ2n) is 5.53. The smallest absolute Gasteiger partial charge is 0.265 e. The first-order valence-electron chi connectivity index (χ1n) is 7.74. The number of ether oxygens (including phenoxy) is 1. The predicted octanol–water partition coefficient (Wildman–Crippen LogP) is 3.92. The zero-order valence-corrected chi connectivity index (χ0v) is 15.4. The molecule has 0 saturated heterocycles. The third kappa shape index (κ3) is 3.43. The molecule has 130 valence electrons. The van der Waals surface area contributed by atoms with E-state index >= 15 is 0 Å². The van der Waals surface area contributed by atoms with Gasteiger partial charge in [-0.25, -0.2) is 4.90 Å². The Balaban J connectivity index is 2.11. The summed E-state index contributed by atoms with van der Waals surface area (Å²) >= 11 is 12.7. The molecule has 25 heavy (non-hydrogen) atoms. The first-order chi connectivity index (χ1) is 12.0. The summed E-state index contributed by atoms with van der Waals surface area (Å²) in [5.41, 5.74) is 1.80. The Hall–Kier alpha value is -2.24. The number of hydrogen-bond acceptors (Lipinski definition) is 4. The molecule has 0 aromatic heterocycles. The first-order valence-corrected chi connectivity index (χ1v) is 8.50. The molecule has 1 aliphatic rings. The lowest BCUT2D eigenvalue weighted by Gasteiger charge is -2.25. The molecule has 0 atom stereocenters. The van der Waals surface area contributed by atoms with E-state index in [4.69, 9.17) is 27.9 Å². The Labute approximate surface area is 156 Å². The van der Waals surface area contributed by atoms with E-state index in [1.807, 2.05) is 13.0 Å². The second kappa shape index (κ2) is 7.33. The van der Waals surface area contributed by atoms with E-state index in [-0.39, 0.29) is 5.91 Å². The normalized spacial score (nSPS) is 13.2. The number of nitrogens with one attached hydrogen (secondary N) is 1. The summed E-state index contributed by atoms with van der Waals surface area (Å²) in [6.07, 6.45) is 0. The molecule has 0 radical (unpaired) electrons. The summed E-state index contributed by atoms with van der Waals surface area (Å²) in [7, 11) is 1.57. The fourth-order valence-electron chi connectivity index (χ4n) is 2.62. The third-order valence-electron chi connectivity index (χ3n) is 3.89. The molecule has 1 N–H and O–H groups in total. The highest BCUT2D eigenvalue weighted by Crippen LogP contribution is 2.35. The lowest BCUT2D eigenvalue weighted by Crippen LogP contribution is -2.43. The molecule has 0 spiro atoms. The third-order valence-corrected chi connectivity index (χ3v) is 4.50. The number of para-hydroxylation sites is 1. The van der Waals surface area contributed by atoms with Gasteiger partial charge in [0.2, 0.25) is 5.96 Å². The molecule has 0 aliphatic carbocycles. The lowest BCUT2D eigenvalue weighted by atomic mass is 10.1. The number of aryl methyl sites for hydroxylation is 1. The quantitative estimate of drug-likeness (QED) is 0.881. The monoisotopic (exact) mass is 377 g/mol. The van der Waals surface area contributed by atoms with Gasteiger partial charge in [-0.15, -0.1) is 0 Å². The van der Waals surface area contributed by atoms with E-state index in [1.54, 1.807) is 37.4 Å². The van der Waals surface area contributed by atoms with Crippen LogP contribution in [0.3, 0.4) is 0 Å². The van der Waals surface area contributed by atoms with Gasteiger partial charge in [0.25, 0.3) is 5.91 Å². The summed E-state index contributed by atoms with van der Waals surface area (Å²) in [5.74, 6) is 0.776. The summed E-state index contributed by atoms with van der Waals surface area (Å²) in [5, 5.41) is 3.85. The van der Waals surface area contributed by atoms with Gasteiger partial charge in [-0.1, -0.05) is 35.3 Å². The van der Waals surface area contributed by atoms with Crippen molar-refractivity contribution >= 4 is 40.8 Å². The average Bonchev–Trinajstić information content (AvgIpc) is 3.12. The highest BCUT2D eigenvalue weighted by Gasteiger charge is 2.29. The highest BCUT2D eigenvalue weighted by atomic mass is 35.5. The Bertz CT molecular complexity index is 832. The van der Waals surface area contributed by atoms with Crippen molar-refractivity contribution in [2.45, 2.75) is 6.92 Å². The largest absolute Gasteiger partial charge is 0.496 e. The van der Waals surface area contributed by atoms with Crippen LogP contribution in [0.2, 0.25) is 10.0 Å². The molecule has 5 nitrogen and oxygen atoms in total. The number of rotatable bonds is 3. The van der Waals surface area contributed by atoms with Crippen molar-refractivity contribution in [1.29, 1.82) is 0 Å². The molecule has 7 heteroatoms. The number of aliphatic imine (C=N–C) groups is 1. The van der Waals surface area contributed by atoms with Gasteiger partial charge < -0.3 is 10.1 Å². The number of halogens is 2. The molecule has 1 aliphatic heterocycles. The number of hydrogen-bond donors (Lipinski definition) is 1. The lowest BCUT2D eigenvalue weighted by molar-refractivity contribution is 0.100. The molecular formula is C18H17Cl2N3O2. The van der Waals surface area contributed by atoms with Crippen molar-refractivity contribution in [3.63, 3.8) is 0 Å². The molecular weight excluding hydrogens is 361 g/mol. The predicted molar refractivity (Wildman–Crippen MR) is 101 cm³/mol. The van der Waals surface area contributed by atoms with Crippen LogP contribution in [0.4, 0.5) is 5.69 Å². The number of carbonyl (C=O) groups is 1. The number of carbonyl (C=O) groups excluding carboxylic acids is 1. The summed E-state index contributed by atoms with van der Waals surface area (Å²) in [6.45, 7) is 3.15. The van der Waals surface area contributed by atoms with Crippen molar-refractivity contribution in [2.24, 2.45) is 4.99 Å². The van der Waals surface area contributed by atoms with E-state index in [0.29, 0.717) is 46.1 Å². The first kappa shape index (κ1) is 17.6. The maximum Gasteiger partial charge on any atom is 0.265 e. The number of methoxy groups -OCH3 is 1. The van der Waals surface area contributed by atoms with Crippen molar-refractivity contribution in [3.8, 4) is 5.75 Å². The minimum Gasteiger partial charge on any atom is -0.496 e. The van der Waals surface area contributed by atoms with Crippen LogP contribution >= 0.6 is 23.2 Å². The molecule has 0 bridgehead atoms. The Morgan fingerprint density at radius 3 is 2.56 bits per heavy atom. The average molecular weight is 378 g/mol. The van der Waals surface area contributed by atoms with Crippen molar-refractivity contribution in [2.75, 3.05) is 25.1 Å². The fourth-order valence-corrected chi connectivity index (χ4v) is 3.19. The van der Waals surface area contributed by atoms with Gasteiger partial charge in [0.1, 0.15) is 5.75 Å². The molecule has 2 aromatic rings. The maximum atomic E-state index is 13.2. The highest BCUT2D eigenvalue weighted by molar-refractivity contribution is 6.42. The van der Waals surface area contributed by atoms with Gasteiger partial charge in [-0.05, 0) is 36.8 Å². The van der Waals surface area contributed by atoms with Crippen LogP contribution in [0.5, 0.6) is 5.75 Å². The van der Waals surface area contributed by atoms with Gasteiger partial charge in [-0.2, -0.15) is 0 Å². The Morgan fingerprint density at radius 2 is 1.96 bits per heavy atom. The van der Waals surface area contributed by atoms with Crippen molar-refractivity contribution in [1.82, 2.24) is 5.32 Å². The molecule has 1 amide bonds. The molecule has 2 aromatic carbocycles. The van der Waals surface area contributed by atoms with Crippen molar-refractivity contribution < 1.29 is 9.53 Å². The molecule has 1 heterocycles. The Kier molecular flexibility index (Phi) is 5.16. The van der Waals surface area contributed by atoms with Crippen LogP contribution in [0.15, 0.2) is 41.4 Å². The molecule has 0 saturated carbocycles. The molecule has 3 rings (SSSR count). The summed E-state index contributed by atoms with van der Waals surface area (Å²) < 4.78 is 5.33. The number of guanidine groups is 1. The fraction of sp³-hybridized carbons (Fsp3) is 0.222. The zero-order valence-electron chi connectivity index (χ0n) is 13.8. The molecule has 0 fully saturated rings. The van der Waals surface area contributed by atoms with E-state index in [2.05, 4.69) is 10.3 Å². The maximum absolute atomic E-state index is 13.2. The van der Waals surface area contributed by atoms with E-state index in [9.17, 15) is 4.79 Å². The van der Waals surface area contributed by atoms with Crippen LogP contribution in [0.1, 0.15) is 15.9 Å². The zero-order chi connectivity index (χ0) is 18.0. The van der Waals surface area contributed by atoms with Crippen LogP contribution in [0.25, 0.3) is 0 Å². The van der Waals surface area contributed by atoms with E-state index in [0.717, 1.165) is 5.56 Å². The Morgan fingerprint density at radius 1 is 1.24 bits per heavy atom. The van der Waals surface area contributed by atoms with E-state index in [1.165, 1.54) is 4.90 Å². The summed E-state index contributed by atoms with van der Waals surface area (Å²) in [4.78, 5) is 19.0. The minimum atomic E-state index is -0.290. The van der Waals surface area contributed by atoms with Crippen LogP contribution < -0.4 is 15.0 Å². The van der Waals surface area contributed by atoms with Gasteiger partial charge in [-0.3, -0.25) is 9.79 Å². The topological polar surface area (TPSA) is 53.9 Å². The summed E-state index contributed by atoms with van der Waals surface area (Å²) in [6, 6.07) is 10.4.